The van der Waals surface area contributed by atoms with Crippen LogP contribution in [0.15, 0.2) is 71.9 Å². The number of hydrogen-bond donors (Lipinski definition) is 1. The molecule has 0 radical (unpaired) electrons. The Morgan fingerprint density at radius 1 is 1.09 bits per heavy atom. The first-order valence-electron chi connectivity index (χ1n) is 10.4. The third-order valence-corrected chi connectivity index (χ3v) is 5.37. The molecule has 1 N–H and O–H groups in total. The topological polar surface area (TPSA) is 73.0 Å². The van der Waals surface area contributed by atoms with Gasteiger partial charge in [0.1, 0.15) is 5.76 Å². The number of nitrogens with one attached hydrogen (secondary N) is 1. The van der Waals surface area contributed by atoms with Crippen LogP contribution in [0.4, 0.5) is 27.6 Å². The zero-order chi connectivity index (χ0) is 25.4. The zero-order valence-electron chi connectivity index (χ0n) is 18.5. The smallest absolute Gasteiger partial charge is 0.416 e. The van der Waals surface area contributed by atoms with Crippen molar-refractivity contribution in [3.8, 4) is 11.3 Å². The Balaban J connectivity index is 1.56. The molecule has 0 aliphatic rings. The van der Waals surface area contributed by atoms with Gasteiger partial charge in [-0.05, 0) is 42.8 Å². The van der Waals surface area contributed by atoms with Crippen LogP contribution in [0.5, 0.6) is 0 Å². The number of hydrogen-bond acceptors (Lipinski definition) is 4. The summed E-state index contributed by atoms with van der Waals surface area (Å²) in [5, 5.41) is 6.74. The van der Waals surface area contributed by atoms with Gasteiger partial charge in [0.05, 0.1) is 35.3 Å². The molecule has 0 aliphatic carbocycles. The lowest BCUT2D eigenvalue weighted by Gasteiger charge is -2.22. The highest BCUT2D eigenvalue weighted by molar-refractivity contribution is 6.04. The Morgan fingerprint density at radius 3 is 2.51 bits per heavy atom. The van der Waals surface area contributed by atoms with E-state index in [0.29, 0.717) is 24.3 Å². The number of carbonyl (C=O) groups is 1. The number of furan rings is 1. The number of alkyl halides is 5. The normalized spacial score (nSPS) is 13.0. The first-order chi connectivity index (χ1) is 16.4. The molecule has 0 spiro atoms. The molecule has 4 aromatic rings. The molecule has 182 valence electrons. The number of pyridine rings is 1. The molecular formula is C24H19F5N4O2. The van der Waals surface area contributed by atoms with E-state index < -0.39 is 35.2 Å². The summed E-state index contributed by atoms with van der Waals surface area (Å²) >= 11 is 0. The Bertz CT molecular complexity index is 1340. The first-order valence-corrected chi connectivity index (χ1v) is 10.4. The first kappa shape index (κ1) is 24.1. The van der Waals surface area contributed by atoms with Crippen molar-refractivity contribution in [3.63, 3.8) is 0 Å². The van der Waals surface area contributed by atoms with Gasteiger partial charge >= 0.3 is 6.18 Å². The standard InChI is InChI=1S/C24H19F5N4O2/c1-14(19-6-5-17(24(27,28)29)9-20(19)23(2,25)26)33-13-18(12-31-33)32-22(34)16-8-15(10-30-11-16)21-4-3-7-35-21/h3-14H,1-2H3,(H,32,34). The molecule has 4 rings (SSSR count). The maximum Gasteiger partial charge on any atom is 0.416 e. The van der Waals surface area contributed by atoms with E-state index in [2.05, 4.69) is 15.4 Å². The predicted molar refractivity (Wildman–Crippen MR) is 117 cm³/mol. The second-order valence-corrected chi connectivity index (χ2v) is 7.97. The van der Waals surface area contributed by atoms with E-state index in [-0.39, 0.29) is 16.8 Å². The third kappa shape index (κ3) is 5.23. The van der Waals surface area contributed by atoms with Gasteiger partial charge in [0.15, 0.2) is 0 Å². The Kier molecular flexibility index (Phi) is 6.18. The van der Waals surface area contributed by atoms with Gasteiger partial charge in [-0.1, -0.05) is 6.07 Å². The van der Waals surface area contributed by atoms with Crippen LogP contribution in [0.1, 0.15) is 46.9 Å². The van der Waals surface area contributed by atoms with E-state index in [4.69, 9.17) is 4.42 Å². The van der Waals surface area contributed by atoms with E-state index in [9.17, 15) is 26.7 Å². The number of amides is 1. The maximum absolute atomic E-state index is 14.2. The largest absolute Gasteiger partial charge is 0.464 e. The number of carbonyl (C=O) groups excluding carboxylic acids is 1. The quantitative estimate of drug-likeness (QED) is 0.312. The summed E-state index contributed by atoms with van der Waals surface area (Å²) in [7, 11) is 0. The van der Waals surface area contributed by atoms with Gasteiger partial charge in [-0.15, -0.1) is 0 Å². The Hall–Kier alpha value is -4.02. The van der Waals surface area contributed by atoms with Crippen molar-refractivity contribution in [1.29, 1.82) is 0 Å². The van der Waals surface area contributed by atoms with Gasteiger partial charge in [0.25, 0.3) is 11.8 Å². The van der Waals surface area contributed by atoms with Crippen LogP contribution in [0, 0.1) is 0 Å². The fourth-order valence-corrected chi connectivity index (χ4v) is 3.58. The van der Waals surface area contributed by atoms with Crippen LogP contribution in [-0.2, 0) is 12.1 Å². The molecule has 0 fully saturated rings. The highest BCUT2D eigenvalue weighted by Crippen LogP contribution is 2.39. The van der Waals surface area contributed by atoms with Crippen LogP contribution >= 0.6 is 0 Å². The van der Waals surface area contributed by atoms with Crippen LogP contribution in [-0.4, -0.2) is 20.7 Å². The van der Waals surface area contributed by atoms with E-state index in [1.165, 1.54) is 36.5 Å². The van der Waals surface area contributed by atoms with E-state index in [1.807, 2.05) is 0 Å². The molecular weight excluding hydrogens is 471 g/mol. The van der Waals surface area contributed by atoms with Crippen molar-refractivity contribution >= 4 is 11.6 Å². The summed E-state index contributed by atoms with van der Waals surface area (Å²) in [6.07, 6.45) is 2.36. The fourth-order valence-electron chi connectivity index (χ4n) is 3.58. The minimum absolute atomic E-state index is 0.0261. The number of anilines is 1. The van der Waals surface area contributed by atoms with Gasteiger partial charge in [0, 0.05) is 36.6 Å². The highest BCUT2D eigenvalue weighted by atomic mass is 19.4. The molecule has 35 heavy (non-hydrogen) atoms. The van der Waals surface area contributed by atoms with E-state index >= 15 is 0 Å². The molecule has 1 unspecified atom stereocenters. The highest BCUT2D eigenvalue weighted by Gasteiger charge is 2.36. The molecule has 1 amide bonds. The molecule has 11 heteroatoms. The van der Waals surface area contributed by atoms with Crippen LogP contribution < -0.4 is 5.32 Å². The lowest BCUT2D eigenvalue weighted by Crippen LogP contribution is -2.18. The second-order valence-electron chi connectivity index (χ2n) is 7.97. The molecule has 3 aromatic heterocycles. The summed E-state index contributed by atoms with van der Waals surface area (Å²) in [4.78, 5) is 16.7. The molecule has 0 saturated carbocycles. The number of benzene rings is 1. The molecule has 1 atom stereocenters. The number of nitrogens with zero attached hydrogens (tertiary/aromatic N) is 3. The van der Waals surface area contributed by atoms with Crippen molar-refractivity contribution in [3.05, 3.63) is 89.7 Å². The second kappa shape index (κ2) is 8.97. The summed E-state index contributed by atoms with van der Waals surface area (Å²) in [5.74, 6) is -3.47. The number of halogens is 5. The zero-order valence-corrected chi connectivity index (χ0v) is 18.5. The lowest BCUT2D eigenvalue weighted by atomic mass is 9.95. The van der Waals surface area contributed by atoms with Crippen LogP contribution in [0.3, 0.4) is 0 Å². The monoisotopic (exact) mass is 490 g/mol. The molecule has 6 nitrogen and oxygen atoms in total. The van der Waals surface area contributed by atoms with Gasteiger partial charge in [-0.25, -0.2) is 8.78 Å². The van der Waals surface area contributed by atoms with Crippen molar-refractivity contribution in [1.82, 2.24) is 14.8 Å². The van der Waals surface area contributed by atoms with Gasteiger partial charge in [0.2, 0.25) is 0 Å². The van der Waals surface area contributed by atoms with Crippen LogP contribution in [0.2, 0.25) is 0 Å². The van der Waals surface area contributed by atoms with Crippen molar-refractivity contribution in [2.24, 2.45) is 0 Å². The Morgan fingerprint density at radius 2 is 1.86 bits per heavy atom. The average molecular weight is 490 g/mol. The molecule has 1 aromatic carbocycles. The maximum atomic E-state index is 14.2. The lowest BCUT2D eigenvalue weighted by molar-refractivity contribution is -0.137. The average Bonchev–Trinajstić information content (AvgIpc) is 3.50. The van der Waals surface area contributed by atoms with Crippen molar-refractivity contribution < 1.29 is 31.2 Å². The third-order valence-electron chi connectivity index (χ3n) is 5.37. The molecule has 0 saturated heterocycles. The molecule has 0 aliphatic heterocycles. The SMILES string of the molecule is CC(c1ccc(C(F)(F)F)cc1C(C)(F)F)n1cc(NC(=O)c2cncc(-c3ccco3)c2)cn1. The van der Waals surface area contributed by atoms with Crippen molar-refractivity contribution in [2.75, 3.05) is 5.32 Å². The van der Waals surface area contributed by atoms with Gasteiger partial charge in [-0.2, -0.15) is 18.3 Å². The van der Waals surface area contributed by atoms with E-state index in [0.717, 1.165) is 12.1 Å². The summed E-state index contributed by atoms with van der Waals surface area (Å²) in [6, 6.07) is 6.40. The van der Waals surface area contributed by atoms with Crippen molar-refractivity contribution in [2.45, 2.75) is 32.0 Å². The number of rotatable bonds is 6. The van der Waals surface area contributed by atoms with Gasteiger partial charge in [-0.3, -0.25) is 14.5 Å². The molecule has 3 heterocycles. The number of aromatic nitrogens is 3. The minimum atomic E-state index is -4.76. The predicted octanol–water partition coefficient (Wildman–Crippen LogP) is 6.53. The summed E-state index contributed by atoms with van der Waals surface area (Å²) in [5.41, 5.74) is -0.827. The van der Waals surface area contributed by atoms with Crippen LogP contribution in [0.25, 0.3) is 11.3 Å². The molecule has 0 bridgehead atoms. The Labute approximate surface area is 196 Å². The summed E-state index contributed by atoms with van der Waals surface area (Å²) < 4.78 is 74.2. The fraction of sp³-hybridized carbons (Fsp3) is 0.208. The minimum Gasteiger partial charge on any atom is -0.464 e. The van der Waals surface area contributed by atoms with Gasteiger partial charge < -0.3 is 9.73 Å². The summed E-state index contributed by atoms with van der Waals surface area (Å²) in [6.45, 7) is 2.06. The van der Waals surface area contributed by atoms with E-state index in [1.54, 1.807) is 24.4 Å².